The van der Waals surface area contributed by atoms with E-state index in [0.717, 1.165) is 12.0 Å². The molecule has 0 atom stereocenters. The summed E-state index contributed by atoms with van der Waals surface area (Å²) >= 11 is 0. The smallest absolute Gasteiger partial charge is 0.255 e. The second-order valence-corrected chi connectivity index (χ2v) is 7.68. The highest BCUT2D eigenvalue weighted by atomic mass is 16.5. The minimum Gasteiger partial charge on any atom is -0.378 e. The van der Waals surface area contributed by atoms with Crippen molar-refractivity contribution in [1.29, 1.82) is 5.26 Å². The minimum atomic E-state index is -0.184. The summed E-state index contributed by atoms with van der Waals surface area (Å²) in [6, 6.07) is 9.36. The number of aromatic nitrogens is 2. The Morgan fingerprint density at radius 1 is 1.29 bits per heavy atom. The number of H-pyrrole nitrogens is 1. The van der Waals surface area contributed by atoms with Crippen LogP contribution in [0.1, 0.15) is 42.1 Å². The topological polar surface area (TPSA) is 102 Å². The molecule has 1 saturated heterocycles. The van der Waals surface area contributed by atoms with Crippen LogP contribution in [0.4, 0.5) is 5.95 Å². The van der Waals surface area contributed by atoms with Gasteiger partial charge in [-0.2, -0.15) is 5.26 Å². The molecule has 0 saturated carbocycles. The number of ether oxygens (including phenoxy) is 1. The number of aromatic amines is 1. The molecule has 3 rings (SSSR count). The Labute approximate surface area is 182 Å². The van der Waals surface area contributed by atoms with Crippen molar-refractivity contribution in [2.24, 2.45) is 0 Å². The van der Waals surface area contributed by atoms with E-state index in [4.69, 9.17) is 10.00 Å². The van der Waals surface area contributed by atoms with Gasteiger partial charge in [-0.05, 0) is 37.5 Å². The summed E-state index contributed by atoms with van der Waals surface area (Å²) in [6.45, 7) is 7.60. The van der Waals surface area contributed by atoms with E-state index in [1.54, 1.807) is 17.0 Å². The highest BCUT2D eigenvalue weighted by Crippen LogP contribution is 2.13. The van der Waals surface area contributed by atoms with Crippen molar-refractivity contribution in [3.05, 3.63) is 57.0 Å². The first-order valence-corrected chi connectivity index (χ1v) is 10.7. The maximum atomic E-state index is 12.9. The van der Waals surface area contributed by atoms with Gasteiger partial charge in [0.15, 0.2) is 0 Å². The summed E-state index contributed by atoms with van der Waals surface area (Å²) in [5, 5.41) is 8.94. The highest BCUT2D eigenvalue weighted by Gasteiger charge is 2.18. The van der Waals surface area contributed by atoms with Crippen LogP contribution in [0.25, 0.3) is 0 Å². The molecule has 1 N–H and O–H groups in total. The van der Waals surface area contributed by atoms with Crippen LogP contribution in [0.2, 0.25) is 0 Å². The van der Waals surface area contributed by atoms with Crippen molar-refractivity contribution in [2.45, 2.75) is 39.7 Å². The van der Waals surface area contributed by atoms with E-state index >= 15 is 0 Å². The fraction of sp³-hybridized carbons (Fsp3) is 0.478. The fourth-order valence-corrected chi connectivity index (χ4v) is 3.67. The van der Waals surface area contributed by atoms with Crippen molar-refractivity contribution in [3.63, 3.8) is 0 Å². The summed E-state index contributed by atoms with van der Waals surface area (Å²) in [7, 11) is 0. The number of morpholine rings is 1. The number of benzene rings is 1. The first-order valence-electron chi connectivity index (χ1n) is 10.7. The lowest BCUT2D eigenvalue weighted by molar-refractivity contribution is -0.131. The van der Waals surface area contributed by atoms with Crippen molar-refractivity contribution >= 4 is 11.9 Å². The Kier molecular flexibility index (Phi) is 7.79. The largest absolute Gasteiger partial charge is 0.378 e. The number of amides is 1. The molecule has 164 valence electrons. The second-order valence-electron chi connectivity index (χ2n) is 7.68. The van der Waals surface area contributed by atoms with E-state index in [2.05, 4.69) is 16.0 Å². The van der Waals surface area contributed by atoms with Gasteiger partial charge in [-0.3, -0.25) is 14.6 Å². The number of nitrogens with zero attached hydrogens (tertiary/aromatic N) is 4. The molecule has 0 spiro atoms. The van der Waals surface area contributed by atoms with Crippen LogP contribution in [-0.2, 0) is 22.5 Å². The van der Waals surface area contributed by atoms with E-state index in [1.807, 2.05) is 30.9 Å². The van der Waals surface area contributed by atoms with Crippen LogP contribution in [0, 0.1) is 18.3 Å². The molecule has 1 fully saturated rings. The van der Waals surface area contributed by atoms with E-state index in [1.165, 1.54) is 0 Å². The SMILES string of the molecule is CCCN(Cc1ccc(C#N)cc1)C(=O)CCc1c(C)nc(N2CCOCC2)[nH]c1=O. The van der Waals surface area contributed by atoms with Gasteiger partial charge < -0.3 is 14.5 Å². The van der Waals surface area contributed by atoms with Crippen molar-refractivity contribution in [3.8, 4) is 6.07 Å². The van der Waals surface area contributed by atoms with Gasteiger partial charge in [-0.1, -0.05) is 19.1 Å². The molecule has 0 radical (unpaired) electrons. The normalized spacial score (nSPS) is 13.6. The first-order chi connectivity index (χ1) is 15.0. The molecule has 0 unspecified atom stereocenters. The van der Waals surface area contributed by atoms with E-state index < -0.39 is 0 Å². The lowest BCUT2D eigenvalue weighted by atomic mass is 10.1. The second kappa shape index (κ2) is 10.7. The van der Waals surface area contributed by atoms with Gasteiger partial charge in [0.2, 0.25) is 11.9 Å². The van der Waals surface area contributed by atoms with Gasteiger partial charge in [0.1, 0.15) is 0 Å². The Morgan fingerprint density at radius 3 is 2.61 bits per heavy atom. The highest BCUT2D eigenvalue weighted by molar-refractivity contribution is 5.76. The quantitative estimate of drug-likeness (QED) is 0.698. The molecule has 2 heterocycles. The molecule has 31 heavy (non-hydrogen) atoms. The Balaban J connectivity index is 1.65. The standard InChI is InChI=1S/C23H29N5O3/c1-3-10-28(16-19-6-4-18(15-24)5-7-19)21(29)9-8-20-17(2)25-23(26-22(20)30)27-11-13-31-14-12-27/h4-7H,3,8-14,16H2,1-2H3,(H,25,26,30). The third kappa shape index (κ3) is 5.92. The van der Waals surface area contributed by atoms with Gasteiger partial charge in [0, 0.05) is 43.9 Å². The lowest BCUT2D eigenvalue weighted by Crippen LogP contribution is -2.38. The van der Waals surface area contributed by atoms with Crippen LogP contribution < -0.4 is 10.5 Å². The first kappa shape index (κ1) is 22.5. The summed E-state index contributed by atoms with van der Waals surface area (Å²) in [6.07, 6.45) is 1.44. The van der Waals surface area contributed by atoms with E-state index in [0.29, 0.717) is 68.6 Å². The predicted octanol–water partition coefficient (Wildman–Crippen LogP) is 2.16. The molecule has 2 aromatic rings. The molecular formula is C23H29N5O3. The number of nitriles is 1. The minimum absolute atomic E-state index is 0.00210. The summed E-state index contributed by atoms with van der Waals surface area (Å²) in [5.74, 6) is 0.566. The number of rotatable bonds is 8. The molecule has 0 bridgehead atoms. The summed E-state index contributed by atoms with van der Waals surface area (Å²) in [5.41, 5.74) is 2.61. The molecule has 0 aliphatic carbocycles. The van der Waals surface area contributed by atoms with Gasteiger partial charge in [0.25, 0.3) is 5.56 Å². The summed E-state index contributed by atoms with van der Waals surface area (Å²) < 4.78 is 5.35. The van der Waals surface area contributed by atoms with Crippen LogP contribution in [0.5, 0.6) is 0 Å². The number of aryl methyl sites for hydroxylation is 1. The fourth-order valence-electron chi connectivity index (χ4n) is 3.67. The maximum Gasteiger partial charge on any atom is 0.255 e. The maximum absolute atomic E-state index is 12.9. The molecule has 1 aromatic carbocycles. The van der Waals surface area contributed by atoms with Crippen LogP contribution in [0.3, 0.4) is 0 Å². The van der Waals surface area contributed by atoms with E-state index in [-0.39, 0.29) is 17.9 Å². The number of nitrogens with one attached hydrogen (secondary N) is 1. The molecular weight excluding hydrogens is 394 g/mol. The zero-order valence-corrected chi connectivity index (χ0v) is 18.2. The molecule has 1 aromatic heterocycles. The van der Waals surface area contributed by atoms with Crippen molar-refractivity contribution in [2.75, 3.05) is 37.7 Å². The van der Waals surface area contributed by atoms with Gasteiger partial charge in [0.05, 0.1) is 24.8 Å². The number of hydrogen-bond donors (Lipinski definition) is 1. The van der Waals surface area contributed by atoms with Crippen molar-refractivity contribution in [1.82, 2.24) is 14.9 Å². The average Bonchev–Trinajstić information content (AvgIpc) is 2.79. The average molecular weight is 424 g/mol. The number of carbonyl (C=O) groups excluding carboxylic acids is 1. The third-order valence-electron chi connectivity index (χ3n) is 5.41. The zero-order valence-electron chi connectivity index (χ0n) is 18.2. The van der Waals surface area contributed by atoms with Crippen LogP contribution in [-0.4, -0.2) is 53.6 Å². The van der Waals surface area contributed by atoms with Gasteiger partial charge >= 0.3 is 0 Å². The Bertz CT molecular complexity index is 988. The molecule has 8 nitrogen and oxygen atoms in total. The Morgan fingerprint density at radius 2 is 2.00 bits per heavy atom. The molecule has 8 heteroatoms. The molecule has 1 amide bonds. The molecule has 1 aliphatic heterocycles. The van der Waals surface area contributed by atoms with Gasteiger partial charge in [-0.15, -0.1) is 0 Å². The lowest BCUT2D eigenvalue weighted by Gasteiger charge is -2.27. The zero-order chi connectivity index (χ0) is 22.2. The van der Waals surface area contributed by atoms with Gasteiger partial charge in [-0.25, -0.2) is 4.98 Å². The number of carbonyl (C=O) groups is 1. The Hall–Kier alpha value is -3.18. The molecule has 1 aliphatic rings. The summed E-state index contributed by atoms with van der Waals surface area (Å²) in [4.78, 5) is 36.8. The van der Waals surface area contributed by atoms with Crippen LogP contribution >= 0.6 is 0 Å². The predicted molar refractivity (Wildman–Crippen MR) is 118 cm³/mol. The monoisotopic (exact) mass is 423 g/mol. The van der Waals surface area contributed by atoms with Crippen molar-refractivity contribution < 1.29 is 9.53 Å². The van der Waals surface area contributed by atoms with E-state index in [9.17, 15) is 9.59 Å². The number of hydrogen-bond acceptors (Lipinski definition) is 6. The third-order valence-corrected chi connectivity index (χ3v) is 5.41. The van der Waals surface area contributed by atoms with Crippen LogP contribution in [0.15, 0.2) is 29.1 Å². The number of anilines is 1.